The van der Waals surface area contributed by atoms with Crippen molar-refractivity contribution in [2.45, 2.75) is 38.3 Å². The second kappa shape index (κ2) is 6.68. The maximum Gasteiger partial charge on any atom is 0.338 e. The summed E-state index contributed by atoms with van der Waals surface area (Å²) < 4.78 is 12.9. The van der Waals surface area contributed by atoms with Gasteiger partial charge in [0.05, 0.1) is 7.05 Å². The van der Waals surface area contributed by atoms with Gasteiger partial charge in [-0.15, -0.1) is 0 Å². The minimum Gasteiger partial charge on any atom is -0.316 e. The third kappa shape index (κ3) is 3.17. The maximum absolute atomic E-state index is 12.9. The molecule has 24 heavy (non-hydrogen) atoms. The van der Waals surface area contributed by atoms with Crippen LogP contribution in [0.3, 0.4) is 0 Å². The van der Waals surface area contributed by atoms with Gasteiger partial charge < -0.3 is 4.90 Å². The molecule has 0 aromatic heterocycles. The number of carbonyl (C=O) groups excluding carboxylic acids is 3. The molecule has 1 aliphatic heterocycles. The highest BCUT2D eigenvalue weighted by atomic mass is 19.1. The molecule has 6 nitrogen and oxygen atoms in total. The second-order valence-electron chi connectivity index (χ2n) is 6.55. The third-order valence-electron chi connectivity index (χ3n) is 4.62. The van der Waals surface area contributed by atoms with Crippen molar-refractivity contribution in [2.75, 3.05) is 13.7 Å². The third-order valence-corrected chi connectivity index (χ3v) is 4.62. The highest BCUT2D eigenvalue weighted by Crippen LogP contribution is 2.27. The first-order valence-electron chi connectivity index (χ1n) is 8.22. The van der Waals surface area contributed by atoms with Crippen LogP contribution in [-0.4, -0.2) is 47.4 Å². The van der Waals surface area contributed by atoms with Crippen molar-refractivity contribution in [3.63, 3.8) is 0 Å². The Balaban J connectivity index is 1.65. The second-order valence-corrected chi connectivity index (χ2v) is 6.55. The predicted molar refractivity (Wildman–Crippen MR) is 83.2 cm³/mol. The van der Waals surface area contributed by atoms with E-state index in [2.05, 4.69) is 0 Å². The lowest BCUT2D eigenvalue weighted by atomic mass is 10.2. The van der Waals surface area contributed by atoms with Crippen molar-refractivity contribution in [1.29, 1.82) is 0 Å². The molecule has 1 aliphatic carbocycles. The summed E-state index contributed by atoms with van der Waals surface area (Å²) in [5.41, 5.74) is 0.895. The summed E-state index contributed by atoms with van der Waals surface area (Å²) in [6.45, 7) is 0.638. The molecule has 1 heterocycles. The van der Waals surface area contributed by atoms with Crippen LogP contribution < -0.4 is 4.90 Å². The summed E-state index contributed by atoms with van der Waals surface area (Å²) >= 11 is 0. The van der Waals surface area contributed by atoms with Crippen LogP contribution in [0.5, 0.6) is 0 Å². The van der Waals surface area contributed by atoms with Crippen LogP contribution in [0.2, 0.25) is 0 Å². The standard InChI is InChI=1S/C17H20FN3O3/c1-19(10-12-6-8-13(18)9-7-12)11-20-15(22)16(23)21(17(20)24)14-4-2-3-5-14/h6-9,14H,2-5,10-11H2,1H3/p+1. The van der Waals surface area contributed by atoms with Gasteiger partial charge in [0.15, 0.2) is 6.67 Å². The minimum absolute atomic E-state index is 0.115. The Morgan fingerprint density at radius 2 is 1.71 bits per heavy atom. The Morgan fingerprint density at radius 1 is 1.08 bits per heavy atom. The first-order valence-corrected chi connectivity index (χ1v) is 8.22. The van der Waals surface area contributed by atoms with Crippen molar-refractivity contribution in [1.82, 2.24) is 9.80 Å². The van der Waals surface area contributed by atoms with Crippen LogP contribution in [-0.2, 0) is 16.1 Å². The van der Waals surface area contributed by atoms with Gasteiger partial charge in [0.2, 0.25) is 0 Å². The van der Waals surface area contributed by atoms with Gasteiger partial charge in [-0.1, -0.05) is 25.0 Å². The molecule has 1 atom stereocenters. The van der Waals surface area contributed by atoms with E-state index in [0.29, 0.717) is 6.54 Å². The summed E-state index contributed by atoms with van der Waals surface area (Å²) in [7, 11) is 1.83. The monoisotopic (exact) mass is 334 g/mol. The molecule has 4 amide bonds. The van der Waals surface area contributed by atoms with Crippen molar-refractivity contribution < 1.29 is 23.7 Å². The first kappa shape index (κ1) is 16.6. The molecule has 0 spiro atoms. The van der Waals surface area contributed by atoms with E-state index in [4.69, 9.17) is 0 Å². The largest absolute Gasteiger partial charge is 0.338 e. The lowest BCUT2D eigenvalue weighted by molar-refractivity contribution is -0.901. The zero-order valence-corrected chi connectivity index (χ0v) is 13.6. The fourth-order valence-electron chi connectivity index (χ4n) is 3.42. The number of amides is 4. The minimum atomic E-state index is -0.745. The molecule has 2 fully saturated rings. The Labute approximate surface area is 139 Å². The fourth-order valence-corrected chi connectivity index (χ4v) is 3.42. The molecule has 7 heteroatoms. The highest BCUT2D eigenvalue weighted by Gasteiger charge is 2.49. The molecule has 128 valence electrons. The summed E-state index contributed by atoms with van der Waals surface area (Å²) in [6.07, 6.45) is 3.50. The zero-order valence-electron chi connectivity index (χ0n) is 13.6. The maximum atomic E-state index is 12.9. The number of urea groups is 1. The van der Waals surface area contributed by atoms with Gasteiger partial charge in [-0.3, -0.25) is 14.5 Å². The van der Waals surface area contributed by atoms with E-state index in [-0.39, 0.29) is 18.5 Å². The van der Waals surface area contributed by atoms with E-state index < -0.39 is 17.8 Å². The van der Waals surface area contributed by atoms with Gasteiger partial charge in [0.1, 0.15) is 12.4 Å². The Kier molecular flexibility index (Phi) is 4.62. The molecular formula is C17H21FN3O3+. The van der Waals surface area contributed by atoms with Gasteiger partial charge in [-0.25, -0.2) is 14.1 Å². The average molecular weight is 334 g/mol. The average Bonchev–Trinajstić information content (AvgIpc) is 3.14. The molecule has 1 saturated carbocycles. The van der Waals surface area contributed by atoms with Gasteiger partial charge in [0.25, 0.3) is 0 Å². The number of hydrogen-bond donors (Lipinski definition) is 1. The van der Waals surface area contributed by atoms with Crippen molar-refractivity contribution in [3.05, 3.63) is 35.6 Å². The summed E-state index contributed by atoms with van der Waals surface area (Å²) in [5, 5.41) is 0. The Hall–Kier alpha value is -2.28. The molecular weight excluding hydrogens is 313 g/mol. The van der Waals surface area contributed by atoms with Crippen LogP contribution in [0.1, 0.15) is 31.2 Å². The van der Waals surface area contributed by atoms with Crippen LogP contribution in [0.25, 0.3) is 0 Å². The van der Waals surface area contributed by atoms with E-state index >= 15 is 0 Å². The smallest absolute Gasteiger partial charge is 0.316 e. The van der Waals surface area contributed by atoms with Crippen molar-refractivity contribution in [2.24, 2.45) is 0 Å². The molecule has 1 N–H and O–H groups in total. The SMILES string of the molecule is C[NH+](Cc1ccc(F)cc1)CN1C(=O)C(=O)N(C2CCCC2)C1=O. The highest BCUT2D eigenvalue weighted by molar-refractivity contribution is 6.44. The number of nitrogens with one attached hydrogen (secondary N) is 1. The predicted octanol–water partition coefficient (Wildman–Crippen LogP) is 0.531. The number of nitrogens with zero attached hydrogens (tertiary/aromatic N) is 2. The molecule has 0 radical (unpaired) electrons. The quantitative estimate of drug-likeness (QED) is 0.631. The summed E-state index contributed by atoms with van der Waals surface area (Å²) in [6, 6.07) is 5.44. The van der Waals surface area contributed by atoms with Crippen LogP contribution in [0.15, 0.2) is 24.3 Å². The lowest BCUT2D eigenvalue weighted by Gasteiger charge is -2.22. The molecule has 1 aromatic rings. The van der Waals surface area contributed by atoms with Gasteiger partial charge in [0, 0.05) is 11.6 Å². The molecule has 1 saturated heterocycles. The molecule has 2 aliphatic rings. The number of quaternary nitrogens is 1. The van der Waals surface area contributed by atoms with E-state index in [1.54, 1.807) is 12.1 Å². The normalized spacial score (nSPS) is 20.3. The van der Waals surface area contributed by atoms with E-state index in [9.17, 15) is 18.8 Å². The molecule has 1 aromatic carbocycles. The van der Waals surface area contributed by atoms with Crippen molar-refractivity contribution >= 4 is 17.8 Å². The molecule has 3 rings (SSSR count). The summed E-state index contributed by atoms with van der Waals surface area (Å²) in [4.78, 5) is 39.8. The first-order chi connectivity index (χ1) is 11.5. The topological polar surface area (TPSA) is 62.1 Å². The number of halogens is 1. The summed E-state index contributed by atoms with van der Waals surface area (Å²) in [5.74, 6) is -1.76. The van der Waals surface area contributed by atoms with E-state index in [1.807, 2.05) is 7.05 Å². The molecule has 0 bridgehead atoms. The van der Waals surface area contributed by atoms with Crippen LogP contribution >= 0.6 is 0 Å². The number of rotatable bonds is 5. The van der Waals surface area contributed by atoms with Crippen LogP contribution in [0, 0.1) is 5.82 Å². The number of benzene rings is 1. The Morgan fingerprint density at radius 3 is 2.33 bits per heavy atom. The van der Waals surface area contributed by atoms with E-state index in [1.165, 1.54) is 12.1 Å². The zero-order chi connectivity index (χ0) is 17.3. The van der Waals surface area contributed by atoms with E-state index in [0.717, 1.165) is 45.9 Å². The number of imide groups is 2. The van der Waals surface area contributed by atoms with Gasteiger partial charge in [-0.05, 0) is 25.0 Å². The van der Waals surface area contributed by atoms with Gasteiger partial charge in [-0.2, -0.15) is 0 Å². The fraction of sp³-hybridized carbons (Fsp3) is 0.471. The number of carbonyl (C=O) groups is 3. The number of hydrogen-bond acceptors (Lipinski definition) is 3. The Bertz CT molecular complexity index is 656. The van der Waals surface area contributed by atoms with Gasteiger partial charge >= 0.3 is 17.8 Å². The van der Waals surface area contributed by atoms with Crippen LogP contribution in [0.4, 0.5) is 9.18 Å². The molecule has 1 unspecified atom stereocenters. The lowest BCUT2D eigenvalue weighted by Crippen LogP contribution is -3.09. The van der Waals surface area contributed by atoms with Crippen molar-refractivity contribution in [3.8, 4) is 0 Å².